The third kappa shape index (κ3) is 2.63. The second kappa shape index (κ2) is 5.66. The minimum Gasteiger partial charge on any atom is -0.397 e. The Balaban J connectivity index is 1.91. The minimum absolute atomic E-state index is 0.0539. The Kier molecular flexibility index (Phi) is 3.87. The van der Waals surface area contributed by atoms with Crippen molar-refractivity contribution in [2.45, 2.75) is 25.8 Å². The van der Waals surface area contributed by atoms with Crippen molar-refractivity contribution >= 4 is 33.0 Å². The Morgan fingerprint density at radius 1 is 1.38 bits per heavy atom. The highest BCUT2D eigenvalue weighted by Crippen LogP contribution is 2.35. The number of fused-ring (bicyclic) bond motifs is 1. The van der Waals surface area contributed by atoms with E-state index < -0.39 is 0 Å². The van der Waals surface area contributed by atoms with Gasteiger partial charge in [0.1, 0.15) is 4.88 Å². The number of benzene rings is 1. The summed E-state index contributed by atoms with van der Waals surface area (Å²) >= 11 is 1.51. The molecule has 0 unspecified atom stereocenters. The topological polar surface area (TPSA) is 58.4 Å². The molecule has 0 saturated carbocycles. The van der Waals surface area contributed by atoms with Crippen LogP contribution in [0, 0.1) is 6.92 Å². The van der Waals surface area contributed by atoms with Gasteiger partial charge in [-0.05, 0) is 44.5 Å². The van der Waals surface area contributed by atoms with E-state index in [4.69, 9.17) is 5.73 Å². The lowest BCUT2D eigenvalue weighted by atomic mass is 10.1. The van der Waals surface area contributed by atoms with E-state index in [-0.39, 0.29) is 5.91 Å². The number of hydrogen-bond donors (Lipinski definition) is 2. The van der Waals surface area contributed by atoms with Crippen LogP contribution in [-0.2, 0) is 0 Å². The summed E-state index contributed by atoms with van der Waals surface area (Å²) < 4.78 is 1.09. The SMILES string of the molecule is Cc1ccc2c(N)c(C(=O)N(C)C3CCNCC3)sc2c1. The molecule has 3 N–H and O–H groups in total. The number of carbonyl (C=O) groups excluding carboxylic acids is 1. The van der Waals surface area contributed by atoms with Crippen LogP contribution in [0.5, 0.6) is 0 Å². The van der Waals surface area contributed by atoms with Crippen molar-refractivity contribution in [2.24, 2.45) is 0 Å². The third-order valence-electron chi connectivity index (χ3n) is 4.25. The second-order valence-electron chi connectivity index (χ2n) is 5.74. The molecular formula is C16H21N3OS. The van der Waals surface area contributed by atoms with Gasteiger partial charge in [-0.3, -0.25) is 4.79 Å². The van der Waals surface area contributed by atoms with Crippen molar-refractivity contribution in [2.75, 3.05) is 25.9 Å². The van der Waals surface area contributed by atoms with Gasteiger partial charge in [-0.15, -0.1) is 11.3 Å². The van der Waals surface area contributed by atoms with Crippen LogP contribution in [0.15, 0.2) is 18.2 Å². The molecule has 21 heavy (non-hydrogen) atoms. The van der Waals surface area contributed by atoms with E-state index >= 15 is 0 Å². The molecule has 5 heteroatoms. The monoisotopic (exact) mass is 303 g/mol. The van der Waals surface area contributed by atoms with Crippen LogP contribution in [0.4, 0.5) is 5.69 Å². The average Bonchev–Trinajstić information content (AvgIpc) is 2.83. The quantitative estimate of drug-likeness (QED) is 0.896. The fourth-order valence-electron chi connectivity index (χ4n) is 2.90. The molecule has 1 saturated heterocycles. The van der Waals surface area contributed by atoms with Gasteiger partial charge in [-0.1, -0.05) is 12.1 Å². The van der Waals surface area contributed by atoms with Crippen molar-refractivity contribution in [1.82, 2.24) is 10.2 Å². The molecule has 0 atom stereocenters. The third-order valence-corrected chi connectivity index (χ3v) is 5.41. The number of rotatable bonds is 2. The molecule has 0 bridgehead atoms. The van der Waals surface area contributed by atoms with Crippen molar-refractivity contribution in [3.8, 4) is 0 Å². The number of nitrogen functional groups attached to an aromatic ring is 1. The fraction of sp³-hybridized carbons (Fsp3) is 0.438. The van der Waals surface area contributed by atoms with E-state index in [1.165, 1.54) is 16.9 Å². The summed E-state index contributed by atoms with van der Waals surface area (Å²) in [6.45, 7) is 4.00. The van der Waals surface area contributed by atoms with E-state index in [1.54, 1.807) is 0 Å². The molecule has 112 valence electrons. The first-order valence-corrected chi connectivity index (χ1v) is 8.16. The van der Waals surface area contributed by atoms with Crippen molar-refractivity contribution in [1.29, 1.82) is 0 Å². The Hall–Kier alpha value is -1.59. The number of amides is 1. The van der Waals surface area contributed by atoms with E-state index in [9.17, 15) is 4.79 Å². The number of anilines is 1. The van der Waals surface area contributed by atoms with Gasteiger partial charge in [0.05, 0.1) is 5.69 Å². The van der Waals surface area contributed by atoms with Crippen LogP contribution in [-0.4, -0.2) is 37.0 Å². The first-order chi connectivity index (χ1) is 10.1. The van der Waals surface area contributed by atoms with Crippen molar-refractivity contribution in [3.63, 3.8) is 0 Å². The van der Waals surface area contributed by atoms with Gasteiger partial charge in [-0.2, -0.15) is 0 Å². The number of aryl methyl sites for hydroxylation is 1. The zero-order chi connectivity index (χ0) is 15.0. The maximum absolute atomic E-state index is 12.8. The number of piperidine rings is 1. The van der Waals surface area contributed by atoms with Crippen LogP contribution in [0.25, 0.3) is 10.1 Å². The molecule has 1 aromatic carbocycles. The van der Waals surface area contributed by atoms with Crippen LogP contribution < -0.4 is 11.1 Å². The number of nitrogens with two attached hydrogens (primary N) is 1. The number of hydrogen-bond acceptors (Lipinski definition) is 4. The summed E-state index contributed by atoms with van der Waals surface area (Å²) in [6.07, 6.45) is 2.01. The maximum atomic E-state index is 12.8. The van der Waals surface area contributed by atoms with Crippen LogP contribution in [0.1, 0.15) is 28.1 Å². The van der Waals surface area contributed by atoms with E-state index in [0.29, 0.717) is 16.6 Å². The highest BCUT2D eigenvalue weighted by Gasteiger charge is 2.26. The van der Waals surface area contributed by atoms with Crippen LogP contribution >= 0.6 is 11.3 Å². The second-order valence-corrected chi connectivity index (χ2v) is 6.79. The molecule has 4 nitrogen and oxygen atoms in total. The standard InChI is InChI=1S/C16H21N3OS/c1-10-3-4-12-13(9-10)21-15(14(12)17)16(20)19(2)11-5-7-18-8-6-11/h3-4,9,11,18H,5-8,17H2,1-2H3. The molecule has 3 rings (SSSR count). The predicted molar refractivity (Wildman–Crippen MR) is 89.0 cm³/mol. The zero-order valence-corrected chi connectivity index (χ0v) is 13.3. The molecular weight excluding hydrogens is 282 g/mol. The first-order valence-electron chi connectivity index (χ1n) is 7.34. The summed E-state index contributed by atoms with van der Waals surface area (Å²) in [5, 5.41) is 4.32. The number of carbonyl (C=O) groups is 1. The lowest BCUT2D eigenvalue weighted by Crippen LogP contribution is -2.43. The highest BCUT2D eigenvalue weighted by molar-refractivity contribution is 7.21. The van der Waals surface area contributed by atoms with Gasteiger partial charge in [0.2, 0.25) is 0 Å². The van der Waals surface area contributed by atoms with Gasteiger partial charge >= 0.3 is 0 Å². The molecule has 1 aromatic heterocycles. The molecule has 1 fully saturated rings. The molecule has 0 radical (unpaired) electrons. The predicted octanol–water partition coefficient (Wildman–Crippen LogP) is 2.62. The number of thiophene rings is 1. The van der Waals surface area contributed by atoms with Crippen LogP contribution in [0.2, 0.25) is 0 Å². The average molecular weight is 303 g/mol. The van der Waals surface area contributed by atoms with E-state index in [1.807, 2.05) is 24.1 Å². The Bertz CT molecular complexity index is 673. The maximum Gasteiger partial charge on any atom is 0.266 e. The lowest BCUT2D eigenvalue weighted by molar-refractivity contribution is 0.0709. The largest absolute Gasteiger partial charge is 0.397 e. The molecule has 1 aliphatic heterocycles. The van der Waals surface area contributed by atoms with Crippen molar-refractivity contribution < 1.29 is 4.79 Å². The Labute approximate surface area is 128 Å². The first kappa shape index (κ1) is 14.4. The Morgan fingerprint density at radius 2 is 2.10 bits per heavy atom. The number of nitrogens with zero attached hydrogens (tertiary/aromatic N) is 1. The molecule has 0 spiro atoms. The molecule has 1 amide bonds. The Morgan fingerprint density at radius 3 is 2.81 bits per heavy atom. The zero-order valence-electron chi connectivity index (χ0n) is 12.5. The fourth-order valence-corrected chi connectivity index (χ4v) is 4.11. The van der Waals surface area contributed by atoms with Gasteiger partial charge in [0.25, 0.3) is 5.91 Å². The lowest BCUT2D eigenvalue weighted by Gasteiger charge is -2.31. The molecule has 1 aliphatic rings. The van der Waals surface area contributed by atoms with Crippen LogP contribution in [0.3, 0.4) is 0 Å². The molecule has 2 aromatic rings. The minimum atomic E-state index is 0.0539. The highest BCUT2D eigenvalue weighted by atomic mass is 32.1. The smallest absolute Gasteiger partial charge is 0.266 e. The molecule has 2 heterocycles. The summed E-state index contributed by atoms with van der Waals surface area (Å²) in [7, 11) is 1.90. The van der Waals surface area contributed by atoms with Gasteiger partial charge in [0.15, 0.2) is 0 Å². The molecule has 0 aliphatic carbocycles. The summed E-state index contributed by atoms with van der Waals surface area (Å²) in [5.74, 6) is 0.0539. The van der Waals surface area contributed by atoms with Gasteiger partial charge in [-0.25, -0.2) is 0 Å². The number of nitrogens with one attached hydrogen (secondary N) is 1. The van der Waals surface area contributed by atoms with Crippen molar-refractivity contribution in [3.05, 3.63) is 28.6 Å². The summed E-state index contributed by atoms with van der Waals surface area (Å²) in [6, 6.07) is 6.45. The normalized spacial score (nSPS) is 16.3. The summed E-state index contributed by atoms with van der Waals surface area (Å²) in [4.78, 5) is 15.3. The van der Waals surface area contributed by atoms with Gasteiger partial charge in [0, 0.05) is 23.2 Å². The van der Waals surface area contributed by atoms with E-state index in [0.717, 1.165) is 36.0 Å². The summed E-state index contributed by atoms with van der Waals surface area (Å²) in [5.41, 5.74) is 8.02. The van der Waals surface area contributed by atoms with Gasteiger partial charge < -0.3 is 16.0 Å². The van der Waals surface area contributed by atoms with E-state index in [2.05, 4.69) is 18.3 Å².